The molecule has 1 amide bonds. The van der Waals surface area contributed by atoms with E-state index in [-0.39, 0.29) is 5.91 Å². The van der Waals surface area contributed by atoms with Crippen molar-refractivity contribution in [2.75, 3.05) is 12.4 Å². The van der Waals surface area contributed by atoms with Crippen molar-refractivity contribution in [1.82, 2.24) is 4.98 Å². The standard InChI is InChI=1S/C10H15N3O2/c1-6-4-5-8(15-3)9(12-6)13-10(14)7(2)11/h4-5,7H,11H2,1-3H3,(H,12,13,14). The van der Waals surface area contributed by atoms with Gasteiger partial charge in [-0.1, -0.05) is 0 Å². The Morgan fingerprint density at radius 2 is 2.27 bits per heavy atom. The highest BCUT2D eigenvalue weighted by Gasteiger charge is 2.12. The van der Waals surface area contributed by atoms with Gasteiger partial charge in [-0.3, -0.25) is 4.79 Å². The third kappa shape index (κ3) is 2.92. The van der Waals surface area contributed by atoms with E-state index in [2.05, 4.69) is 10.3 Å². The molecule has 0 saturated heterocycles. The number of ether oxygens (including phenoxy) is 1. The van der Waals surface area contributed by atoms with Crippen molar-refractivity contribution in [3.63, 3.8) is 0 Å². The van der Waals surface area contributed by atoms with Gasteiger partial charge in [-0.25, -0.2) is 4.98 Å². The van der Waals surface area contributed by atoms with E-state index >= 15 is 0 Å². The number of methoxy groups -OCH3 is 1. The summed E-state index contributed by atoms with van der Waals surface area (Å²) in [4.78, 5) is 15.5. The van der Waals surface area contributed by atoms with Gasteiger partial charge in [0.05, 0.1) is 13.2 Å². The smallest absolute Gasteiger partial charge is 0.242 e. The topological polar surface area (TPSA) is 77.2 Å². The predicted molar refractivity (Wildman–Crippen MR) is 57.8 cm³/mol. The lowest BCUT2D eigenvalue weighted by molar-refractivity contribution is -0.117. The van der Waals surface area contributed by atoms with Crippen molar-refractivity contribution in [1.29, 1.82) is 0 Å². The van der Waals surface area contributed by atoms with Gasteiger partial charge in [-0.15, -0.1) is 0 Å². The quantitative estimate of drug-likeness (QED) is 0.767. The first kappa shape index (κ1) is 11.5. The van der Waals surface area contributed by atoms with Crippen LogP contribution >= 0.6 is 0 Å². The number of nitrogens with two attached hydrogens (primary N) is 1. The van der Waals surface area contributed by atoms with Gasteiger partial charge in [-0.05, 0) is 26.0 Å². The summed E-state index contributed by atoms with van der Waals surface area (Å²) >= 11 is 0. The van der Waals surface area contributed by atoms with Crippen molar-refractivity contribution in [3.8, 4) is 5.75 Å². The number of hydrogen-bond donors (Lipinski definition) is 2. The maximum Gasteiger partial charge on any atom is 0.242 e. The SMILES string of the molecule is COc1ccc(C)nc1NC(=O)C(C)N. The fraction of sp³-hybridized carbons (Fsp3) is 0.400. The van der Waals surface area contributed by atoms with E-state index in [1.807, 2.05) is 6.92 Å². The number of nitrogens with zero attached hydrogens (tertiary/aromatic N) is 1. The molecule has 5 heteroatoms. The van der Waals surface area contributed by atoms with Gasteiger partial charge in [0.2, 0.25) is 5.91 Å². The maximum atomic E-state index is 11.4. The molecule has 82 valence electrons. The Kier molecular flexibility index (Phi) is 3.62. The van der Waals surface area contributed by atoms with Crippen LogP contribution in [0.2, 0.25) is 0 Å². The number of carbonyl (C=O) groups is 1. The number of nitrogens with one attached hydrogen (secondary N) is 1. The Hall–Kier alpha value is -1.62. The van der Waals surface area contributed by atoms with Crippen molar-refractivity contribution < 1.29 is 9.53 Å². The highest BCUT2D eigenvalue weighted by Crippen LogP contribution is 2.21. The third-order valence-electron chi connectivity index (χ3n) is 1.87. The van der Waals surface area contributed by atoms with Crippen LogP contribution in [-0.2, 0) is 4.79 Å². The van der Waals surface area contributed by atoms with Crippen molar-refractivity contribution in [3.05, 3.63) is 17.8 Å². The molecule has 0 aliphatic rings. The molecular weight excluding hydrogens is 194 g/mol. The fourth-order valence-electron chi connectivity index (χ4n) is 1.03. The number of hydrogen-bond acceptors (Lipinski definition) is 4. The molecule has 1 aromatic rings. The summed E-state index contributed by atoms with van der Waals surface area (Å²) in [6.07, 6.45) is 0. The Morgan fingerprint density at radius 3 is 2.80 bits per heavy atom. The van der Waals surface area contributed by atoms with Crippen LogP contribution < -0.4 is 15.8 Å². The third-order valence-corrected chi connectivity index (χ3v) is 1.87. The van der Waals surface area contributed by atoms with E-state index in [0.717, 1.165) is 5.69 Å². The average Bonchev–Trinajstić information content (AvgIpc) is 2.18. The molecule has 1 atom stereocenters. The summed E-state index contributed by atoms with van der Waals surface area (Å²) in [5.74, 6) is 0.640. The Morgan fingerprint density at radius 1 is 1.60 bits per heavy atom. The number of aromatic nitrogens is 1. The molecule has 0 bridgehead atoms. The largest absolute Gasteiger partial charge is 0.493 e. The van der Waals surface area contributed by atoms with E-state index in [9.17, 15) is 4.79 Å². The first-order valence-electron chi connectivity index (χ1n) is 4.62. The molecule has 1 aromatic heterocycles. The molecule has 0 radical (unpaired) electrons. The zero-order valence-electron chi connectivity index (χ0n) is 9.07. The van der Waals surface area contributed by atoms with Gasteiger partial charge in [0, 0.05) is 5.69 Å². The molecular formula is C10H15N3O2. The minimum atomic E-state index is -0.572. The monoisotopic (exact) mass is 209 g/mol. The van der Waals surface area contributed by atoms with Crippen molar-refractivity contribution >= 4 is 11.7 Å². The first-order valence-corrected chi connectivity index (χ1v) is 4.62. The van der Waals surface area contributed by atoms with E-state index in [4.69, 9.17) is 10.5 Å². The molecule has 3 N–H and O–H groups in total. The number of anilines is 1. The first-order chi connectivity index (χ1) is 7.04. The number of aryl methyl sites for hydroxylation is 1. The number of carbonyl (C=O) groups excluding carboxylic acids is 1. The molecule has 0 fully saturated rings. The number of pyridine rings is 1. The van der Waals surface area contributed by atoms with Gasteiger partial charge in [-0.2, -0.15) is 0 Å². The van der Waals surface area contributed by atoms with Crippen LogP contribution in [0.1, 0.15) is 12.6 Å². The van der Waals surface area contributed by atoms with Crippen LogP contribution in [0.3, 0.4) is 0 Å². The zero-order chi connectivity index (χ0) is 11.4. The molecule has 0 aliphatic heterocycles. The van der Waals surface area contributed by atoms with Gasteiger partial charge >= 0.3 is 0 Å². The highest BCUT2D eigenvalue weighted by molar-refractivity contribution is 5.94. The van der Waals surface area contributed by atoms with Crippen LogP contribution in [0.15, 0.2) is 12.1 Å². The second-order valence-electron chi connectivity index (χ2n) is 3.28. The second-order valence-corrected chi connectivity index (χ2v) is 3.28. The van der Waals surface area contributed by atoms with E-state index in [1.54, 1.807) is 19.1 Å². The average molecular weight is 209 g/mol. The fourth-order valence-corrected chi connectivity index (χ4v) is 1.03. The molecule has 15 heavy (non-hydrogen) atoms. The summed E-state index contributed by atoms with van der Waals surface area (Å²) < 4.78 is 5.06. The van der Waals surface area contributed by atoms with Gasteiger partial charge in [0.1, 0.15) is 0 Å². The number of amides is 1. The van der Waals surface area contributed by atoms with Gasteiger partial charge in [0.25, 0.3) is 0 Å². The van der Waals surface area contributed by atoms with Gasteiger partial charge < -0.3 is 15.8 Å². The van der Waals surface area contributed by atoms with Gasteiger partial charge in [0.15, 0.2) is 11.6 Å². The summed E-state index contributed by atoms with van der Waals surface area (Å²) in [5, 5.41) is 2.60. The Bertz CT molecular complexity index is 364. The lowest BCUT2D eigenvalue weighted by atomic mass is 10.3. The Labute approximate surface area is 88.6 Å². The minimum Gasteiger partial charge on any atom is -0.493 e. The minimum absolute atomic E-state index is 0.286. The molecule has 0 aromatic carbocycles. The van der Waals surface area contributed by atoms with Crippen LogP contribution in [0.25, 0.3) is 0 Å². The summed E-state index contributed by atoms with van der Waals surface area (Å²) in [6, 6.07) is 2.98. The molecule has 5 nitrogen and oxygen atoms in total. The maximum absolute atomic E-state index is 11.4. The van der Waals surface area contributed by atoms with Crippen LogP contribution in [0.5, 0.6) is 5.75 Å². The van der Waals surface area contributed by atoms with E-state index < -0.39 is 6.04 Å². The van der Waals surface area contributed by atoms with Crippen molar-refractivity contribution in [2.24, 2.45) is 5.73 Å². The summed E-state index contributed by atoms with van der Waals surface area (Å²) in [6.45, 7) is 3.44. The molecule has 0 aliphatic carbocycles. The van der Waals surface area contributed by atoms with Crippen molar-refractivity contribution in [2.45, 2.75) is 19.9 Å². The zero-order valence-corrected chi connectivity index (χ0v) is 9.07. The molecule has 1 rings (SSSR count). The van der Waals surface area contributed by atoms with Crippen LogP contribution in [0.4, 0.5) is 5.82 Å². The molecule has 1 heterocycles. The summed E-state index contributed by atoms with van der Waals surface area (Å²) in [5.41, 5.74) is 6.23. The lowest BCUT2D eigenvalue weighted by Gasteiger charge is -2.11. The molecule has 0 saturated carbocycles. The molecule has 1 unspecified atom stereocenters. The van der Waals surface area contributed by atoms with E-state index in [0.29, 0.717) is 11.6 Å². The predicted octanol–water partition coefficient (Wildman–Crippen LogP) is 0.684. The van der Waals surface area contributed by atoms with Crippen LogP contribution in [0, 0.1) is 6.92 Å². The summed E-state index contributed by atoms with van der Waals surface area (Å²) in [7, 11) is 1.52. The Balaban J connectivity index is 2.92. The van der Waals surface area contributed by atoms with E-state index in [1.165, 1.54) is 7.11 Å². The normalized spacial score (nSPS) is 12.0. The van der Waals surface area contributed by atoms with Crippen LogP contribution in [-0.4, -0.2) is 24.0 Å². The second kappa shape index (κ2) is 4.75. The highest BCUT2D eigenvalue weighted by atomic mass is 16.5. The lowest BCUT2D eigenvalue weighted by Crippen LogP contribution is -2.32. The molecule has 0 spiro atoms. The number of rotatable bonds is 3.